The zero-order valence-electron chi connectivity index (χ0n) is 19.8. The van der Waals surface area contributed by atoms with Crippen LogP contribution in [0, 0.1) is 0 Å². The van der Waals surface area contributed by atoms with E-state index in [0.29, 0.717) is 32.6 Å². The predicted octanol–water partition coefficient (Wildman–Crippen LogP) is 3.83. The van der Waals surface area contributed by atoms with Gasteiger partial charge in [0.05, 0.1) is 47.7 Å². The molecule has 1 aliphatic heterocycles. The number of aromatic nitrogens is 1. The van der Waals surface area contributed by atoms with Gasteiger partial charge in [0.1, 0.15) is 5.75 Å². The molecule has 0 saturated heterocycles. The highest BCUT2D eigenvalue weighted by Crippen LogP contribution is 2.36. The molecule has 2 heterocycles. The SMILES string of the molecule is CCOC(=O)C1=C(C)N=c2s/c(=C\c3cc(Cl)cc(Cl)c3O)c(=O)n2[C@H]1c1ccc(OC)c(OC)c1. The number of carbonyl (C=O) groups excluding carboxylic acids is 1. The first-order valence-corrected chi connectivity index (χ1v) is 12.4. The smallest absolute Gasteiger partial charge is 0.338 e. The van der Waals surface area contributed by atoms with Crippen molar-refractivity contribution in [2.24, 2.45) is 4.99 Å². The lowest BCUT2D eigenvalue weighted by atomic mass is 9.95. The van der Waals surface area contributed by atoms with Gasteiger partial charge < -0.3 is 19.3 Å². The first-order chi connectivity index (χ1) is 17.2. The molecule has 4 rings (SSSR count). The minimum absolute atomic E-state index is 0.0603. The summed E-state index contributed by atoms with van der Waals surface area (Å²) in [5.41, 5.74) is 1.13. The number of carbonyl (C=O) groups is 1. The fraction of sp³-hybridized carbons (Fsp3) is 0.240. The molecule has 0 bridgehead atoms. The maximum atomic E-state index is 13.7. The number of rotatable bonds is 6. The van der Waals surface area contributed by atoms with Crippen molar-refractivity contribution < 1.29 is 24.1 Å². The van der Waals surface area contributed by atoms with Gasteiger partial charge in [0.15, 0.2) is 16.3 Å². The number of allylic oxidation sites excluding steroid dienone is 1. The monoisotopic (exact) mass is 548 g/mol. The van der Waals surface area contributed by atoms with E-state index in [-0.39, 0.29) is 33.0 Å². The second-order valence-corrected chi connectivity index (χ2v) is 9.59. The third kappa shape index (κ3) is 4.61. The second kappa shape index (κ2) is 10.4. The molecule has 3 aromatic rings. The number of ether oxygens (including phenoxy) is 3. The lowest BCUT2D eigenvalue weighted by molar-refractivity contribution is -0.139. The summed E-state index contributed by atoms with van der Waals surface area (Å²) in [6.45, 7) is 3.56. The molecule has 1 aromatic heterocycles. The summed E-state index contributed by atoms with van der Waals surface area (Å²) in [5.74, 6) is 0.160. The van der Waals surface area contributed by atoms with E-state index < -0.39 is 17.6 Å². The predicted molar refractivity (Wildman–Crippen MR) is 138 cm³/mol. The molecule has 8 nitrogen and oxygen atoms in total. The largest absolute Gasteiger partial charge is 0.506 e. The Labute approximate surface area is 220 Å². The van der Waals surface area contributed by atoms with Crippen LogP contribution in [0.15, 0.2) is 51.4 Å². The van der Waals surface area contributed by atoms with Gasteiger partial charge >= 0.3 is 5.97 Å². The Morgan fingerprint density at radius 3 is 2.58 bits per heavy atom. The van der Waals surface area contributed by atoms with Crippen molar-refractivity contribution in [2.75, 3.05) is 20.8 Å². The molecule has 1 N–H and O–H groups in total. The Bertz CT molecular complexity index is 1570. The fourth-order valence-electron chi connectivity index (χ4n) is 3.97. The number of phenolic OH excluding ortho intramolecular Hbond substituents is 1. The van der Waals surface area contributed by atoms with Gasteiger partial charge in [-0.3, -0.25) is 9.36 Å². The van der Waals surface area contributed by atoms with E-state index in [2.05, 4.69) is 4.99 Å². The molecule has 1 atom stereocenters. The average Bonchev–Trinajstić information content (AvgIpc) is 3.15. The average molecular weight is 549 g/mol. The Hall–Kier alpha value is -3.27. The molecule has 188 valence electrons. The lowest BCUT2D eigenvalue weighted by Crippen LogP contribution is -2.40. The molecule has 0 radical (unpaired) electrons. The molecule has 0 amide bonds. The molecular weight excluding hydrogens is 527 g/mol. The van der Waals surface area contributed by atoms with Gasteiger partial charge in [-0.2, -0.15) is 0 Å². The van der Waals surface area contributed by atoms with E-state index in [0.717, 1.165) is 11.3 Å². The molecule has 0 fully saturated rings. The van der Waals surface area contributed by atoms with Gasteiger partial charge in [0.2, 0.25) is 0 Å². The molecule has 1 aliphatic rings. The third-order valence-electron chi connectivity index (χ3n) is 5.58. The van der Waals surface area contributed by atoms with Crippen LogP contribution in [0.3, 0.4) is 0 Å². The Morgan fingerprint density at radius 1 is 1.19 bits per heavy atom. The Balaban J connectivity index is 2.00. The van der Waals surface area contributed by atoms with E-state index in [1.807, 2.05) is 0 Å². The zero-order chi connectivity index (χ0) is 26.1. The Morgan fingerprint density at radius 2 is 1.92 bits per heavy atom. The van der Waals surface area contributed by atoms with Crippen LogP contribution in [0.4, 0.5) is 0 Å². The minimum Gasteiger partial charge on any atom is -0.506 e. The highest BCUT2D eigenvalue weighted by molar-refractivity contribution is 7.07. The van der Waals surface area contributed by atoms with Crippen LogP contribution in [0.25, 0.3) is 6.08 Å². The fourth-order valence-corrected chi connectivity index (χ4v) is 5.51. The molecule has 36 heavy (non-hydrogen) atoms. The van der Waals surface area contributed by atoms with Gasteiger partial charge in [0, 0.05) is 10.6 Å². The van der Waals surface area contributed by atoms with Gasteiger partial charge in [-0.25, -0.2) is 9.79 Å². The molecule has 2 aromatic carbocycles. The van der Waals surface area contributed by atoms with Crippen molar-refractivity contribution in [3.05, 3.63) is 82.5 Å². The molecule has 0 spiro atoms. The van der Waals surface area contributed by atoms with Crippen LogP contribution in [-0.2, 0) is 9.53 Å². The lowest BCUT2D eigenvalue weighted by Gasteiger charge is -2.25. The molecular formula is C25H22Cl2N2O6S. The van der Waals surface area contributed by atoms with E-state index >= 15 is 0 Å². The quantitative estimate of drug-likeness (QED) is 0.470. The molecule has 0 saturated carbocycles. The summed E-state index contributed by atoms with van der Waals surface area (Å²) in [5, 5.41) is 10.8. The maximum Gasteiger partial charge on any atom is 0.338 e. The van der Waals surface area contributed by atoms with Gasteiger partial charge in [-0.15, -0.1) is 0 Å². The van der Waals surface area contributed by atoms with Crippen molar-refractivity contribution in [3.8, 4) is 17.2 Å². The zero-order valence-corrected chi connectivity index (χ0v) is 22.1. The number of hydrogen-bond donors (Lipinski definition) is 1. The maximum absolute atomic E-state index is 13.7. The Kier molecular flexibility index (Phi) is 7.44. The number of methoxy groups -OCH3 is 2. The van der Waals surface area contributed by atoms with Gasteiger partial charge in [0.25, 0.3) is 5.56 Å². The number of aromatic hydroxyl groups is 1. The van der Waals surface area contributed by atoms with E-state index in [1.54, 1.807) is 32.0 Å². The normalized spacial score (nSPS) is 15.4. The van der Waals surface area contributed by atoms with Crippen molar-refractivity contribution in [2.45, 2.75) is 19.9 Å². The van der Waals surface area contributed by atoms with Crippen LogP contribution >= 0.6 is 34.5 Å². The highest BCUT2D eigenvalue weighted by atomic mass is 35.5. The van der Waals surface area contributed by atoms with E-state index in [1.165, 1.54) is 37.0 Å². The number of benzene rings is 2. The molecule has 0 aliphatic carbocycles. The number of halogens is 2. The highest BCUT2D eigenvalue weighted by Gasteiger charge is 2.34. The number of hydrogen-bond acceptors (Lipinski definition) is 8. The standard InChI is InChI=1S/C25H22Cl2N2O6S/c1-5-35-24(32)20-12(2)28-25-29(21(20)13-6-7-17(33-3)18(9-13)34-4)23(31)19(36-25)10-14-8-15(26)11-16(27)22(14)30/h6-11,21,30H,5H2,1-4H3/b19-10-/t21-/m0/s1. The number of phenols is 1. The second-order valence-electron chi connectivity index (χ2n) is 7.74. The first-order valence-electron chi connectivity index (χ1n) is 10.8. The summed E-state index contributed by atoms with van der Waals surface area (Å²) >= 11 is 13.3. The number of esters is 1. The third-order valence-corrected chi connectivity index (χ3v) is 7.07. The number of fused-ring (bicyclic) bond motifs is 1. The molecule has 0 unspecified atom stereocenters. The number of nitrogens with zero attached hydrogens (tertiary/aromatic N) is 2. The van der Waals surface area contributed by atoms with Crippen molar-refractivity contribution in [1.82, 2.24) is 4.57 Å². The molecule has 11 heteroatoms. The van der Waals surface area contributed by atoms with Crippen LogP contribution in [0.1, 0.15) is 31.0 Å². The minimum atomic E-state index is -0.834. The van der Waals surface area contributed by atoms with E-state index in [9.17, 15) is 14.7 Å². The van der Waals surface area contributed by atoms with E-state index in [4.69, 9.17) is 37.4 Å². The summed E-state index contributed by atoms with van der Waals surface area (Å²) in [6.07, 6.45) is 1.49. The number of thiazole rings is 1. The van der Waals surface area contributed by atoms with Crippen LogP contribution in [0.2, 0.25) is 10.0 Å². The van der Waals surface area contributed by atoms with Crippen LogP contribution < -0.4 is 24.4 Å². The topological polar surface area (TPSA) is 99.4 Å². The summed E-state index contributed by atoms with van der Waals surface area (Å²) in [4.78, 5) is 31.6. The van der Waals surface area contributed by atoms with Gasteiger partial charge in [-0.05, 0) is 49.8 Å². The van der Waals surface area contributed by atoms with Crippen molar-refractivity contribution in [3.63, 3.8) is 0 Å². The van der Waals surface area contributed by atoms with Crippen LogP contribution in [-0.4, -0.2) is 36.5 Å². The first kappa shape index (κ1) is 25.8. The van der Waals surface area contributed by atoms with Crippen LogP contribution in [0.5, 0.6) is 17.2 Å². The van der Waals surface area contributed by atoms with Crippen molar-refractivity contribution in [1.29, 1.82) is 0 Å². The summed E-state index contributed by atoms with van der Waals surface area (Å²) in [6, 6.07) is 7.24. The van der Waals surface area contributed by atoms with Gasteiger partial charge in [-0.1, -0.05) is 40.6 Å². The summed E-state index contributed by atoms with van der Waals surface area (Å²) in [7, 11) is 3.02. The van der Waals surface area contributed by atoms with Crippen molar-refractivity contribution >= 4 is 46.6 Å². The summed E-state index contributed by atoms with van der Waals surface area (Å²) < 4.78 is 17.8.